The van der Waals surface area contributed by atoms with Gasteiger partial charge in [0.1, 0.15) is 4.90 Å². The summed E-state index contributed by atoms with van der Waals surface area (Å²) in [6.07, 6.45) is 4.37. The van der Waals surface area contributed by atoms with Gasteiger partial charge in [-0.05, 0) is 36.5 Å². The van der Waals surface area contributed by atoms with Gasteiger partial charge in [-0.1, -0.05) is 39.7 Å². The number of rotatable bonds is 10. The number of aliphatic imine (C=N–C) groups is 1. The first-order valence-electron chi connectivity index (χ1n) is 9.42. The molecule has 0 spiro atoms. The topological polar surface area (TPSA) is 185 Å². The van der Waals surface area contributed by atoms with Gasteiger partial charge in [0.15, 0.2) is 5.96 Å². The molecule has 0 aromatic heterocycles. The van der Waals surface area contributed by atoms with Crippen LogP contribution in [0.15, 0.2) is 44.8 Å². The smallest absolute Gasteiger partial charge is 0.296 e. The van der Waals surface area contributed by atoms with Gasteiger partial charge >= 0.3 is 0 Å². The van der Waals surface area contributed by atoms with Crippen LogP contribution in [-0.2, 0) is 20.2 Å². The van der Waals surface area contributed by atoms with Crippen LogP contribution in [0.4, 0.5) is 5.69 Å². The Morgan fingerprint density at radius 2 is 1.77 bits per heavy atom. The highest BCUT2D eigenvalue weighted by atomic mass is 32.2. The van der Waals surface area contributed by atoms with E-state index in [1.807, 2.05) is 0 Å². The molecule has 30 heavy (non-hydrogen) atoms. The second-order valence-corrected chi connectivity index (χ2v) is 9.74. The molecule has 0 saturated heterocycles. The van der Waals surface area contributed by atoms with Crippen LogP contribution in [0.5, 0.6) is 0 Å². The number of nitrogens with two attached hydrogens (primary N) is 2. The van der Waals surface area contributed by atoms with E-state index in [4.69, 9.17) is 11.5 Å². The Hall–Kier alpha value is -1.99. The summed E-state index contributed by atoms with van der Waals surface area (Å²) in [4.78, 5) is 2.65. The molecule has 7 N–H and O–H groups in total. The standard InChI is InChI=1S/C18H30N4O6S2/c1-4-13(5-2)12(3)10-14(8-9-19)21-18(20)22-16-11-15(29(23,24)25)6-7-17(16)30(26,27)28/h6-8,11-13H,4-5,9-10,19H2,1-3H3,(H3,20,21,22)(H,23,24,25)(H,26,27,28). The van der Waals surface area contributed by atoms with Gasteiger partial charge in [-0.15, -0.1) is 0 Å². The first-order valence-corrected chi connectivity index (χ1v) is 12.3. The van der Waals surface area contributed by atoms with Gasteiger partial charge in [0.25, 0.3) is 20.2 Å². The van der Waals surface area contributed by atoms with Crippen molar-refractivity contribution in [2.75, 3.05) is 6.54 Å². The fourth-order valence-electron chi connectivity index (χ4n) is 3.22. The minimum Gasteiger partial charge on any atom is -0.369 e. The number of benzene rings is 1. The average molecular weight is 463 g/mol. The van der Waals surface area contributed by atoms with Crippen molar-refractivity contribution in [3.05, 3.63) is 30.0 Å². The van der Waals surface area contributed by atoms with Gasteiger partial charge in [0.2, 0.25) is 0 Å². The fraction of sp³-hybridized carbons (Fsp3) is 0.500. The Labute approximate surface area is 178 Å². The highest BCUT2D eigenvalue weighted by molar-refractivity contribution is 7.86. The van der Waals surface area contributed by atoms with Crippen molar-refractivity contribution in [2.24, 2.45) is 28.3 Å². The predicted octanol–water partition coefficient (Wildman–Crippen LogP) is 2.02. The lowest BCUT2D eigenvalue weighted by Gasteiger charge is -2.23. The zero-order valence-corrected chi connectivity index (χ0v) is 18.9. The highest BCUT2D eigenvalue weighted by Gasteiger charge is 2.20. The number of guanidine groups is 1. The van der Waals surface area contributed by atoms with Crippen LogP contribution in [0.2, 0.25) is 0 Å². The molecule has 0 radical (unpaired) electrons. The molecule has 1 unspecified atom stereocenters. The van der Waals surface area contributed by atoms with Crippen LogP contribution in [-0.4, -0.2) is 38.4 Å². The molecule has 1 aromatic rings. The van der Waals surface area contributed by atoms with Gasteiger partial charge in [0, 0.05) is 12.2 Å². The Kier molecular flexibility index (Phi) is 9.43. The zero-order valence-electron chi connectivity index (χ0n) is 17.2. The Balaban J connectivity index is 3.29. The maximum absolute atomic E-state index is 11.6. The van der Waals surface area contributed by atoms with Crippen molar-refractivity contribution in [3.63, 3.8) is 0 Å². The molecule has 170 valence electrons. The largest absolute Gasteiger partial charge is 0.369 e. The maximum Gasteiger partial charge on any atom is 0.296 e. The lowest BCUT2D eigenvalue weighted by atomic mass is 9.86. The van der Waals surface area contributed by atoms with Crippen LogP contribution < -0.4 is 16.8 Å². The maximum atomic E-state index is 11.6. The van der Waals surface area contributed by atoms with Gasteiger partial charge in [0.05, 0.1) is 10.6 Å². The molecule has 0 aliphatic carbocycles. The van der Waals surface area contributed by atoms with E-state index >= 15 is 0 Å². The zero-order chi connectivity index (χ0) is 23.1. The SMILES string of the molecule is CCC(CC)C(C)CC(=CCN)NC(N)=Nc1cc(S(=O)(=O)O)ccc1S(=O)(=O)O. The minimum absolute atomic E-state index is 0.233. The Morgan fingerprint density at radius 1 is 1.17 bits per heavy atom. The highest BCUT2D eigenvalue weighted by Crippen LogP contribution is 2.28. The van der Waals surface area contributed by atoms with Crippen molar-refractivity contribution in [2.45, 2.75) is 49.8 Å². The molecule has 0 saturated carbocycles. The van der Waals surface area contributed by atoms with E-state index in [1.54, 1.807) is 6.08 Å². The van der Waals surface area contributed by atoms with Crippen LogP contribution in [0.1, 0.15) is 40.0 Å². The van der Waals surface area contributed by atoms with E-state index in [2.05, 4.69) is 31.1 Å². The van der Waals surface area contributed by atoms with Gasteiger partial charge in [-0.3, -0.25) is 9.11 Å². The molecule has 0 aliphatic rings. The summed E-state index contributed by atoms with van der Waals surface area (Å²) in [5, 5.41) is 2.86. The van der Waals surface area contributed by atoms with E-state index in [1.165, 1.54) is 0 Å². The third kappa shape index (κ3) is 7.69. The van der Waals surface area contributed by atoms with Gasteiger partial charge < -0.3 is 16.8 Å². The van der Waals surface area contributed by atoms with E-state index in [0.29, 0.717) is 24.0 Å². The number of hydrogen-bond donors (Lipinski definition) is 5. The molecular weight excluding hydrogens is 432 g/mol. The molecule has 10 nitrogen and oxygen atoms in total. The third-order valence-corrected chi connectivity index (χ3v) is 6.55. The molecule has 0 amide bonds. The number of allylic oxidation sites excluding steroid dienone is 1. The second kappa shape index (κ2) is 10.9. The summed E-state index contributed by atoms with van der Waals surface area (Å²) < 4.78 is 64.5. The van der Waals surface area contributed by atoms with Crippen LogP contribution in [0.3, 0.4) is 0 Å². The second-order valence-electron chi connectivity index (χ2n) is 6.92. The fourth-order valence-corrected chi connectivity index (χ4v) is 4.33. The summed E-state index contributed by atoms with van der Waals surface area (Å²) in [7, 11) is -9.34. The molecule has 1 rings (SSSR count). The van der Waals surface area contributed by atoms with Crippen LogP contribution in [0, 0.1) is 11.8 Å². The molecule has 0 bridgehead atoms. The molecule has 12 heteroatoms. The summed E-state index contributed by atoms with van der Waals surface area (Å²) in [6.45, 7) is 6.56. The van der Waals surface area contributed by atoms with Crippen molar-refractivity contribution in [1.82, 2.24) is 5.32 Å². The van der Waals surface area contributed by atoms with E-state index in [-0.39, 0.29) is 12.5 Å². The van der Waals surface area contributed by atoms with Crippen LogP contribution >= 0.6 is 0 Å². The van der Waals surface area contributed by atoms with Gasteiger partial charge in [-0.25, -0.2) is 4.99 Å². The number of hydrogen-bond acceptors (Lipinski definition) is 6. The third-order valence-electron chi connectivity index (χ3n) is 4.80. The molecule has 1 atom stereocenters. The van der Waals surface area contributed by atoms with E-state index in [9.17, 15) is 25.9 Å². The summed E-state index contributed by atoms with van der Waals surface area (Å²) in [6, 6.07) is 2.45. The quantitative estimate of drug-likeness (QED) is 0.197. The van der Waals surface area contributed by atoms with Crippen molar-refractivity contribution in [1.29, 1.82) is 0 Å². The molecule has 1 aromatic carbocycles. The molecule has 0 fully saturated rings. The normalized spacial score (nSPS) is 14.8. The Morgan fingerprint density at radius 3 is 2.23 bits per heavy atom. The van der Waals surface area contributed by atoms with E-state index < -0.39 is 35.7 Å². The lowest BCUT2D eigenvalue weighted by molar-refractivity contribution is 0.332. The number of nitrogens with one attached hydrogen (secondary N) is 1. The predicted molar refractivity (Wildman–Crippen MR) is 115 cm³/mol. The molecule has 0 heterocycles. The molecular formula is C18H30N4O6S2. The van der Waals surface area contributed by atoms with Gasteiger partial charge in [-0.2, -0.15) is 16.8 Å². The Bertz CT molecular complexity index is 1000. The first-order chi connectivity index (χ1) is 13.8. The first kappa shape index (κ1) is 26.0. The molecule has 0 aliphatic heterocycles. The minimum atomic E-state index is -4.72. The lowest BCUT2D eigenvalue weighted by Crippen LogP contribution is -2.32. The van der Waals surface area contributed by atoms with Crippen molar-refractivity contribution in [3.8, 4) is 0 Å². The van der Waals surface area contributed by atoms with Crippen LogP contribution in [0.25, 0.3) is 0 Å². The van der Waals surface area contributed by atoms with Crippen molar-refractivity contribution < 1.29 is 25.9 Å². The summed E-state index contributed by atoms with van der Waals surface area (Å²) in [5.41, 5.74) is 11.7. The average Bonchev–Trinajstić information content (AvgIpc) is 2.61. The van der Waals surface area contributed by atoms with E-state index in [0.717, 1.165) is 31.0 Å². The summed E-state index contributed by atoms with van der Waals surface area (Å²) >= 11 is 0. The van der Waals surface area contributed by atoms with Crippen molar-refractivity contribution >= 4 is 31.9 Å². The number of nitrogens with zero attached hydrogens (tertiary/aromatic N) is 1. The summed E-state index contributed by atoms with van der Waals surface area (Å²) in [5.74, 6) is 0.571. The monoisotopic (exact) mass is 462 g/mol.